The summed E-state index contributed by atoms with van der Waals surface area (Å²) in [6.07, 6.45) is 9.27. The Hall–Kier alpha value is -2.11. The highest BCUT2D eigenvalue weighted by Gasteiger charge is 2.54. The molecule has 30 heavy (non-hydrogen) atoms. The van der Waals surface area contributed by atoms with Gasteiger partial charge in [-0.3, -0.25) is 9.59 Å². The number of carbonyl (C=O) groups is 2. The molecule has 1 aromatic carbocycles. The lowest BCUT2D eigenvalue weighted by Crippen LogP contribution is -2.49. The number of amides is 1. The van der Waals surface area contributed by atoms with Crippen LogP contribution in [0.3, 0.4) is 0 Å². The molecular weight excluding hydrogens is 385 g/mol. The van der Waals surface area contributed by atoms with Gasteiger partial charge in [-0.2, -0.15) is 0 Å². The molecule has 0 heterocycles. The van der Waals surface area contributed by atoms with Crippen molar-refractivity contribution in [3.05, 3.63) is 28.6 Å². The SMILES string of the molecule is COc1c(F)c(C(=O)N[C@@H](C)C(=O)O)cc(C2CC2)c1C12CC3CC(CC(C3)C1)C2. The first-order chi connectivity index (χ1) is 14.3. The summed E-state index contributed by atoms with van der Waals surface area (Å²) in [6.45, 7) is 1.38. The Bertz CT molecular complexity index is 872. The van der Waals surface area contributed by atoms with Crippen molar-refractivity contribution in [1.82, 2.24) is 5.32 Å². The van der Waals surface area contributed by atoms with E-state index in [1.165, 1.54) is 33.3 Å². The zero-order valence-corrected chi connectivity index (χ0v) is 17.7. The van der Waals surface area contributed by atoms with Crippen molar-refractivity contribution in [1.29, 1.82) is 0 Å². The molecule has 0 saturated heterocycles. The molecule has 1 aromatic rings. The summed E-state index contributed by atoms with van der Waals surface area (Å²) >= 11 is 0. The van der Waals surface area contributed by atoms with Gasteiger partial charge in [0.2, 0.25) is 0 Å². The molecule has 162 valence electrons. The number of carboxylic acid groups (broad SMARTS) is 1. The summed E-state index contributed by atoms with van der Waals surface area (Å²) in [7, 11) is 1.49. The van der Waals surface area contributed by atoms with E-state index in [1.807, 2.05) is 0 Å². The number of rotatable bonds is 6. The van der Waals surface area contributed by atoms with Crippen LogP contribution in [0.15, 0.2) is 6.07 Å². The van der Waals surface area contributed by atoms with E-state index in [2.05, 4.69) is 5.32 Å². The molecule has 4 bridgehead atoms. The maximum absolute atomic E-state index is 15.7. The van der Waals surface area contributed by atoms with Crippen molar-refractivity contribution in [2.24, 2.45) is 17.8 Å². The second-order valence-corrected chi connectivity index (χ2v) is 10.2. The fraction of sp³-hybridized carbons (Fsp3) is 0.667. The lowest BCUT2D eigenvalue weighted by atomic mass is 9.47. The molecule has 1 atom stereocenters. The average Bonchev–Trinajstić information content (AvgIpc) is 3.51. The minimum absolute atomic E-state index is 0.0395. The topological polar surface area (TPSA) is 75.6 Å². The number of hydrogen-bond donors (Lipinski definition) is 2. The van der Waals surface area contributed by atoms with E-state index in [4.69, 9.17) is 9.84 Å². The molecule has 0 spiro atoms. The van der Waals surface area contributed by atoms with Gasteiger partial charge in [-0.15, -0.1) is 0 Å². The molecule has 2 N–H and O–H groups in total. The lowest BCUT2D eigenvalue weighted by molar-refractivity contribution is -0.138. The second-order valence-electron chi connectivity index (χ2n) is 10.2. The molecule has 5 aliphatic rings. The van der Waals surface area contributed by atoms with Crippen LogP contribution in [0.1, 0.15) is 85.7 Å². The summed E-state index contributed by atoms with van der Waals surface area (Å²) < 4.78 is 21.3. The quantitative estimate of drug-likeness (QED) is 0.723. The molecule has 1 amide bonds. The van der Waals surface area contributed by atoms with Crippen LogP contribution in [0.4, 0.5) is 4.39 Å². The third-order valence-corrected chi connectivity index (χ3v) is 8.00. The molecule has 5 fully saturated rings. The number of methoxy groups -OCH3 is 1. The summed E-state index contributed by atoms with van der Waals surface area (Å²) in [5.74, 6) is 0.215. The number of carboxylic acids is 1. The molecule has 6 rings (SSSR count). The Labute approximate surface area is 176 Å². The fourth-order valence-electron chi connectivity index (χ4n) is 7.03. The van der Waals surface area contributed by atoms with E-state index in [0.717, 1.165) is 61.0 Å². The number of nitrogens with one attached hydrogen (secondary N) is 1. The van der Waals surface area contributed by atoms with Gasteiger partial charge in [0.1, 0.15) is 6.04 Å². The maximum Gasteiger partial charge on any atom is 0.325 e. The molecule has 6 heteroatoms. The van der Waals surface area contributed by atoms with Gasteiger partial charge in [0.25, 0.3) is 5.91 Å². The summed E-state index contributed by atoms with van der Waals surface area (Å²) in [6, 6.07) is 0.614. The first-order valence-electron chi connectivity index (χ1n) is 11.3. The third-order valence-electron chi connectivity index (χ3n) is 8.00. The van der Waals surface area contributed by atoms with Crippen LogP contribution >= 0.6 is 0 Å². The molecule has 0 radical (unpaired) electrons. The Kier molecular flexibility index (Phi) is 4.60. The Balaban J connectivity index is 1.61. The van der Waals surface area contributed by atoms with Gasteiger partial charge >= 0.3 is 5.97 Å². The molecule has 5 nitrogen and oxygen atoms in total. The van der Waals surface area contributed by atoms with Crippen LogP contribution in [-0.4, -0.2) is 30.1 Å². The van der Waals surface area contributed by atoms with Crippen molar-refractivity contribution in [2.45, 2.75) is 75.7 Å². The first kappa shape index (κ1) is 19.8. The lowest BCUT2D eigenvalue weighted by Gasteiger charge is -2.57. The molecule has 0 unspecified atom stereocenters. The average molecular weight is 416 g/mol. The Morgan fingerprint density at radius 2 is 1.73 bits per heavy atom. The van der Waals surface area contributed by atoms with E-state index in [0.29, 0.717) is 5.92 Å². The van der Waals surface area contributed by atoms with Crippen LogP contribution in [0.5, 0.6) is 5.75 Å². The molecule has 0 aliphatic heterocycles. The number of halogens is 1. The standard InChI is InChI=1S/C24H30FNO4/c1-12(23(28)29)26-22(27)18-8-17(16-3-4-16)19(21(30-2)20(18)25)24-9-13-5-14(10-24)7-15(6-13)11-24/h8,12-16H,3-7,9-11H2,1-2H3,(H,26,27)(H,28,29)/t12-,13?,14?,15?,24?/m0/s1. The van der Waals surface area contributed by atoms with Crippen LogP contribution in [-0.2, 0) is 10.2 Å². The van der Waals surface area contributed by atoms with Gasteiger partial charge in [0.15, 0.2) is 11.6 Å². The van der Waals surface area contributed by atoms with Crippen molar-refractivity contribution in [3.63, 3.8) is 0 Å². The van der Waals surface area contributed by atoms with Gasteiger partial charge in [-0.25, -0.2) is 4.39 Å². The number of aliphatic carboxylic acids is 1. The van der Waals surface area contributed by atoms with Gasteiger partial charge < -0.3 is 15.2 Å². The number of ether oxygens (including phenoxy) is 1. The van der Waals surface area contributed by atoms with Crippen molar-refractivity contribution < 1.29 is 23.8 Å². The van der Waals surface area contributed by atoms with Crippen molar-refractivity contribution in [2.75, 3.05) is 7.11 Å². The van der Waals surface area contributed by atoms with Crippen LogP contribution in [0.2, 0.25) is 0 Å². The van der Waals surface area contributed by atoms with E-state index >= 15 is 4.39 Å². The van der Waals surface area contributed by atoms with Crippen molar-refractivity contribution >= 4 is 11.9 Å². The van der Waals surface area contributed by atoms with E-state index in [9.17, 15) is 9.59 Å². The monoisotopic (exact) mass is 415 g/mol. The zero-order valence-electron chi connectivity index (χ0n) is 17.7. The van der Waals surface area contributed by atoms with Crippen LogP contribution in [0.25, 0.3) is 0 Å². The number of benzene rings is 1. The van der Waals surface area contributed by atoms with Crippen LogP contribution in [0, 0.1) is 23.6 Å². The predicted molar refractivity (Wildman–Crippen MR) is 109 cm³/mol. The van der Waals surface area contributed by atoms with Gasteiger partial charge in [0.05, 0.1) is 12.7 Å². The minimum atomic E-state index is -1.15. The third kappa shape index (κ3) is 3.10. The molecule has 5 saturated carbocycles. The summed E-state index contributed by atoms with van der Waals surface area (Å²) in [5, 5.41) is 11.5. The maximum atomic E-state index is 15.7. The zero-order chi connectivity index (χ0) is 21.2. The second kappa shape index (κ2) is 6.96. The first-order valence-corrected chi connectivity index (χ1v) is 11.3. The predicted octanol–water partition coefficient (Wildman–Crippen LogP) is 4.38. The van der Waals surface area contributed by atoms with E-state index < -0.39 is 23.7 Å². The summed E-state index contributed by atoms with van der Waals surface area (Å²) in [5.41, 5.74) is 1.94. The normalized spacial score (nSPS) is 32.7. The molecular formula is C24H30FNO4. The van der Waals surface area contributed by atoms with E-state index in [-0.39, 0.29) is 16.7 Å². The van der Waals surface area contributed by atoms with Gasteiger partial charge in [0, 0.05) is 11.0 Å². The largest absolute Gasteiger partial charge is 0.493 e. The Morgan fingerprint density at radius 1 is 1.17 bits per heavy atom. The minimum Gasteiger partial charge on any atom is -0.493 e. The summed E-state index contributed by atoms with van der Waals surface area (Å²) in [4.78, 5) is 23.9. The number of carbonyl (C=O) groups excluding carboxylic acids is 1. The van der Waals surface area contributed by atoms with E-state index in [1.54, 1.807) is 6.07 Å². The highest BCUT2D eigenvalue weighted by Crippen LogP contribution is 2.64. The smallest absolute Gasteiger partial charge is 0.325 e. The van der Waals surface area contributed by atoms with Crippen molar-refractivity contribution in [3.8, 4) is 5.75 Å². The highest BCUT2D eigenvalue weighted by atomic mass is 19.1. The Morgan fingerprint density at radius 3 is 2.20 bits per heavy atom. The highest BCUT2D eigenvalue weighted by molar-refractivity contribution is 5.97. The van der Waals surface area contributed by atoms with Crippen LogP contribution < -0.4 is 10.1 Å². The molecule has 5 aliphatic carbocycles. The van der Waals surface area contributed by atoms with Gasteiger partial charge in [-0.1, -0.05) is 0 Å². The fourth-order valence-corrected chi connectivity index (χ4v) is 7.03. The van der Waals surface area contributed by atoms with Gasteiger partial charge in [-0.05, 0) is 93.6 Å². The molecule has 0 aromatic heterocycles. The number of hydrogen-bond acceptors (Lipinski definition) is 3.